The molecule has 0 aliphatic rings. The van der Waals surface area contributed by atoms with Crippen molar-refractivity contribution in [3.63, 3.8) is 0 Å². The Kier molecular flexibility index (Phi) is 3.10. The number of fused-ring (bicyclic) bond motifs is 1. The number of methoxy groups -OCH3 is 1. The SMILES string of the molecule is COc1ccc2[nH]c(C)c(-c3ccc([N+](=O)[O-])cc3)c2c1. The molecule has 0 aliphatic carbocycles. The summed E-state index contributed by atoms with van der Waals surface area (Å²) in [5.74, 6) is 0.782. The van der Waals surface area contributed by atoms with E-state index in [1.807, 2.05) is 25.1 Å². The molecule has 0 radical (unpaired) electrons. The molecule has 0 bridgehead atoms. The summed E-state index contributed by atoms with van der Waals surface area (Å²) < 4.78 is 5.27. The minimum Gasteiger partial charge on any atom is -0.497 e. The third kappa shape index (κ3) is 2.23. The van der Waals surface area contributed by atoms with Crippen LogP contribution in [0.3, 0.4) is 0 Å². The predicted octanol–water partition coefficient (Wildman–Crippen LogP) is 4.06. The van der Waals surface area contributed by atoms with Crippen molar-refractivity contribution in [2.45, 2.75) is 6.92 Å². The number of hydrogen-bond acceptors (Lipinski definition) is 3. The largest absolute Gasteiger partial charge is 0.497 e. The Morgan fingerprint density at radius 3 is 2.48 bits per heavy atom. The minimum atomic E-state index is -0.394. The van der Waals surface area contributed by atoms with Crippen LogP contribution in [0.1, 0.15) is 5.69 Å². The van der Waals surface area contributed by atoms with Gasteiger partial charge in [-0.1, -0.05) is 0 Å². The molecule has 1 N–H and O–H groups in total. The number of aromatic nitrogens is 1. The first kappa shape index (κ1) is 13.2. The molecule has 0 spiro atoms. The number of nitro groups is 1. The second-order valence-electron chi connectivity index (χ2n) is 4.84. The van der Waals surface area contributed by atoms with Crippen LogP contribution < -0.4 is 4.74 Å². The molecule has 5 heteroatoms. The molecule has 0 atom stereocenters. The summed E-state index contributed by atoms with van der Waals surface area (Å²) in [5, 5.41) is 11.8. The fraction of sp³-hybridized carbons (Fsp3) is 0.125. The highest BCUT2D eigenvalue weighted by Crippen LogP contribution is 2.34. The maximum atomic E-state index is 10.7. The lowest BCUT2D eigenvalue weighted by Gasteiger charge is -2.03. The molecular formula is C16H14N2O3. The van der Waals surface area contributed by atoms with E-state index < -0.39 is 4.92 Å². The van der Waals surface area contributed by atoms with E-state index in [9.17, 15) is 10.1 Å². The van der Waals surface area contributed by atoms with Crippen molar-refractivity contribution >= 4 is 16.6 Å². The van der Waals surface area contributed by atoms with Crippen LogP contribution in [-0.2, 0) is 0 Å². The normalized spacial score (nSPS) is 10.8. The van der Waals surface area contributed by atoms with Crippen LogP contribution in [0.4, 0.5) is 5.69 Å². The molecule has 1 heterocycles. The van der Waals surface area contributed by atoms with E-state index in [1.54, 1.807) is 19.2 Å². The summed E-state index contributed by atoms with van der Waals surface area (Å²) in [5.41, 5.74) is 4.11. The van der Waals surface area contributed by atoms with Crippen LogP contribution in [-0.4, -0.2) is 17.0 Å². The highest BCUT2D eigenvalue weighted by Gasteiger charge is 2.13. The van der Waals surface area contributed by atoms with Gasteiger partial charge in [-0.2, -0.15) is 0 Å². The van der Waals surface area contributed by atoms with Crippen molar-refractivity contribution < 1.29 is 9.66 Å². The van der Waals surface area contributed by atoms with Gasteiger partial charge in [0.05, 0.1) is 12.0 Å². The van der Waals surface area contributed by atoms with Crippen LogP contribution in [0, 0.1) is 17.0 Å². The highest BCUT2D eigenvalue weighted by molar-refractivity contribution is 5.98. The van der Waals surface area contributed by atoms with Gasteiger partial charge >= 0.3 is 0 Å². The van der Waals surface area contributed by atoms with Crippen LogP contribution >= 0.6 is 0 Å². The smallest absolute Gasteiger partial charge is 0.269 e. The van der Waals surface area contributed by atoms with Gasteiger partial charge in [0.1, 0.15) is 5.75 Å². The Labute approximate surface area is 121 Å². The van der Waals surface area contributed by atoms with E-state index in [2.05, 4.69) is 4.98 Å². The van der Waals surface area contributed by atoms with Gasteiger partial charge in [-0.25, -0.2) is 0 Å². The molecule has 0 saturated carbocycles. The fourth-order valence-corrected chi connectivity index (χ4v) is 2.55. The molecule has 0 aliphatic heterocycles. The average Bonchev–Trinajstić information content (AvgIpc) is 2.82. The summed E-state index contributed by atoms with van der Waals surface area (Å²) in [7, 11) is 1.63. The maximum absolute atomic E-state index is 10.7. The second kappa shape index (κ2) is 4.94. The van der Waals surface area contributed by atoms with Gasteiger partial charge in [0.2, 0.25) is 0 Å². The Bertz CT molecular complexity index is 819. The molecule has 0 unspecified atom stereocenters. The first-order chi connectivity index (χ1) is 10.1. The van der Waals surface area contributed by atoms with Gasteiger partial charge < -0.3 is 9.72 Å². The molecule has 106 valence electrons. The van der Waals surface area contributed by atoms with E-state index >= 15 is 0 Å². The molecule has 0 fully saturated rings. The third-order valence-corrected chi connectivity index (χ3v) is 3.56. The Morgan fingerprint density at radius 1 is 1.14 bits per heavy atom. The summed E-state index contributed by atoms with van der Waals surface area (Å²) in [6, 6.07) is 12.4. The number of hydrogen-bond donors (Lipinski definition) is 1. The van der Waals surface area contributed by atoms with Gasteiger partial charge in [-0.3, -0.25) is 10.1 Å². The molecule has 3 rings (SSSR count). The average molecular weight is 282 g/mol. The van der Waals surface area contributed by atoms with E-state index in [4.69, 9.17) is 4.74 Å². The minimum absolute atomic E-state index is 0.0915. The van der Waals surface area contributed by atoms with Gasteiger partial charge in [0, 0.05) is 34.3 Å². The second-order valence-corrected chi connectivity index (χ2v) is 4.84. The van der Waals surface area contributed by atoms with E-state index in [-0.39, 0.29) is 5.69 Å². The predicted molar refractivity (Wildman–Crippen MR) is 81.7 cm³/mol. The summed E-state index contributed by atoms with van der Waals surface area (Å²) >= 11 is 0. The molecule has 1 aromatic heterocycles. The number of H-pyrrole nitrogens is 1. The molecule has 0 saturated heterocycles. The number of non-ortho nitro benzene ring substituents is 1. The molecular weight excluding hydrogens is 268 g/mol. The van der Waals surface area contributed by atoms with Gasteiger partial charge in [0.25, 0.3) is 5.69 Å². The van der Waals surface area contributed by atoms with Crippen LogP contribution in [0.2, 0.25) is 0 Å². The van der Waals surface area contributed by atoms with Crippen molar-refractivity contribution in [1.82, 2.24) is 4.98 Å². The summed E-state index contributed by atoms with van der Waals surface area (Å²) in [6.07, 6.45) is 0. The van der Waals surface area contributed by atoms with Crippen molar-refractivity contribution in [1.29, 1.82) is 0 Å². The van der Waals surface area contributed by atoms with E-state index in [0.717, 1.165) is 33.5 Å². The molecule has 2 aromatic carbocycles. The van der Waals surface area contributed by atoms with Crippen molar-refractivity contribution in [2.75, 3.05) is 7.11 Å². The monoisotopic (exact) mass is 282 g/mol. The number of nitrogens with zero attached hydrogens (tertiary/aromatic N) is 1. The highest BCUT2D eigenvalue weighted by atomic mass is 16.6. The Hall–Kier alpha value is -2.82. The Balaban J connectivity index is 2.18. The van der Waals surface area contributed by atoms with Crippen LogP contribution in [0.5, 0.6) is 5.75 Å². The van der Waals surface area contributed by atoms with Crippen LogP contribution in [0.25, 0.3) is 22.0 Å². The van der Waals surface area contributed by atoms with E-state index in [0.29, 0.717) is 0 Å². The van der Waals surface area contributed by atoms with Crippen molar-refractivity contribution in [2.24, 2.45) is 0 Å². The molecule has 0 amide bonds. The molecule has 5 nitrogen and oxygen atoms in total. The number of aryl methyl sites for hydroxylation is 1. The standard InChI is InChI=1S/C16H14N2O3/c1-10-16(11-3-5-12(6-4-11)18(19)20)14-9-13(21-2)7-8-15(14)17-10/h3-9,17H,1-2H3. The lowest BCUT2D eigenvalue weighted by Crippen LogP contribution is -1.87. The van der Waals surface area contributed by atoms with E-state index in [1.165, 1.54) is 12.1 Å². The number of ether oxygens (including phenoxy) is 1. The van der Waals surface area contributed by atoms with Crippen molar-refractivity contribution in [3.05, 3.63) is 58.3 Å². The van der Waals surface area contributed by atoms with Crippen molar-refractivity contribution in [3.8, 4) is 16.9 Å². The summed E-state index contributed by atoms with van der Waals surface area (Å²) in [4.78, 5) is 13.7. The number of rotatable bonds is 3. The zero-order valence-corrected chi connectivity index (χ0v) is 11.7. The number of benzene rings is 2. The first-order valence-corrected chi connectivity index (χ1v) is 6.51. The lowest BCUT2D eigenvalue weighted by molar-refractivity contribution is -0.384. The fourth-order valence-electron chi connectivity index (χ4n) is 2.55. The quantitative estimate of drug-likeness (QED) is 0.581. The first-order valence-electron chi connectivity index (χ1n) is 6.51. The van der Waals surface area contributed by atoms with Gasteiger partial charge in [-0.15, -0.1) is 0 Å². The summed E-state index contributed by atoms with van der Waals surface area (Å²) in [6.45, 7) is 1.99. The van der Waals surface area contributed by atoms with Gasteiger partial charge in [-0.05, 0) is 42.8 Å². The Morgan fingerprint density at radius 2 is 1.86 bits per heavy atom. The number of aromatic amines is 1. The molecule has 3 aromatic rings. The topological polar surface area (TPSA) is 68.2 Å². The zero-order valence-electron chi connectivity index (χ0n) is 11.7. The van der Waals surface area contributed by atoms with Gasteiger partial charge in [0.15, 0.2) is 0 Å². The third-order valence-electron chi connectivity index (χ3n) is 3.56. The number of nitro benzene ring substituents is 1. The maximum Gasteiger partial charge on any atom is 0.269 e. The zero-order chi connectivity index (χ0) is 15.0. The lowest BCUT2D eigenvalue weighted by atomic mass is 10.0. The number of nitrogens with one attached hydrogen (secondary N) is 1. The van der Waals surface area contributed by atoms with Crippen LogP contribution in [0.15, 0.2) is 42.5 Å². The molecule has 21 heavy (non-hydrogen) atoms.